The molecule has 2 atom stereocenters. The molecule has 0 saturated carbocycles. The summed E-state index contributed by atoms with van der Waals surface area (Å²) in [5, 5.41) is 9.96. The lowest BCUT2D eigenvalue weighted by atomic mass is 9.76. The average molecular weight is 460 g/mol. The van der Waals surface area contributed by atoms with E-state index < -0.39 is 0 Å². The van der Waals surface area contributed by atoms with Crippen LogP contribution in [0.5, 0.6) is 11.5 Å². The number of hydrogen-bond acceptors (Lipinski definition) is 4. The van der Waals surface area contributed by atoms with Crippen LogP contribution in [0.1, 0.15) is 54.2 Å². The molecule has 1 unspecified atom stereocenters. The molecule has 1 fully saturated rings. The second-order valence-electron chi connectivity index (χ2n) is 9.20. The van der Waals surface area contributed by atoms with E-state index in [0.717, 1.165) is 11.3 Å². The molecule has 4 heteroatoms. The van der Waals surface area contributed by atoms with Crippen LogP contribution in [0.15, 0.2) is 77.7 Å². The van der Waals surface area contributed by atoms with Crippen molar-refractivity contribution in [1.82, 2.24) is 4.90 Å². The number of hydrogen-bond donors (Lipinski definition) is 1. The van der Waals surface area contributed by atoms with Crippen LogP contribution in [0.2, 0.25) is 0 Å². The standard InChI is InChI=1S/C29H33NO2S/c31-24-12-15-26-28(20-24)32-21-27(22-8-2-1-3-9-22)29(26)23-10-13-25(14-11-23)33-19-7-6-18-30-16-4-5-17-30/h1-3,8-15,20,27,29,31H,4-7,16-19,21H2/t27-,29?/m1/s1. The first kappa shape index (κ1) is 22.4. The first-order chi connectivity index (χ1) is 16.3. The maximum atomic E-state index is 9.96. The maximum Gasteiger partial charge on any atom is 0.126 e. The number of thioether (sulfide) groups is 1. The zero-order valence-electron chi connectivity index (χ0n) is 19.2. The highest BCUT2D eigenvalue weighted by atomic mass is 32.2. The van der Waals surface area contributed by atoms with Gasteiger partial charge in [-0.15, -0.1) is 11.8 Å². The topological polar surface area (TPSA) is 32.7 Å². The molecule has 0 bridgehead atoms. The van der Waals surface area contributed by atoms with Gasteiger partial charge in [-0.05, 0) is 80.4 Å². The molecule has 33 heavy (non-hydrogen) atoms. The number of rotatable bonds is 8. The van der Waals surface area contributed by atoms with Crippen molar-refractivity contribution < 1.29 is 9.84 Å². The number of aromatic hydroxyl groups is 1. The highest BCUT2D eigenvalue weighted by Gasteiger charge is 2.33. The Morgan fingerprint density at radius 1 is 0.879 bits per heavy atom. The minimum absolute atomic E-state index is 0.205. The van der Waals surface area contributed by atoms with Gasteiger partial charge in [-0.1, -0.05) is 48.5 Å². The summed E-state index contributed by atoms with van der Waals surface area (Å²) in [6, 6.07) is 25.3. The first-order valence-electron chi connectivity index (χ1n) is 12.2. The normalized spacial score (nSPS) is 20.4. The number of benzene rings is 3. The van der Waals surface area contributed by atoms with E-state index in [4.69, 9.17) is 4.74 Å². The number of likely N-dealkylation sites (tertiary alicyclic amines) is 1. The van der Waals surface area contributed by atoms with Crippen molar-refractivity contribution >= 4 is 11.8 Å². The second kappa shape index (κ2) is 10.7. The van der Waals surface area contributed by atoms with Gasteiger partial charge in [0.25, 0.3) is 0 Å². The smallest absolute Gasteiger partial charge is 0.126 e. The highest BCUT2D eigenvalue weighted by molar-refractivity contribution is 7.99. The molecule has 172 valence electrons. The molecular weight excluding hydrogens is 426 g/mol. The van der Waals surface area contributed by atoms with Crippen LogP contribution in [-0.4, -0.2) is 42.0 Å². The van der Waals surface area contributed by atoms with Gasteiger partial charge < -0.3 is 14.7 Å². The third-order valence-electron chi connectivity index (χ3n) is 6.96. The van der Waals surface area contributed by atoms with Crippen LogP contribution >= 0.6 is 11.8 Å². The Balaban J connectivity index is 1.28. The van der Waals surface area contributed by atoms with Gasteiger partial charge in [0, 0.05) is 28.4 Å². The summed E-state index contributed by atoms with van der Waals surface area (Å²) in [5.74, 6) is 2.67. The van der Waals surface area contributed by atoms with Gasteiger partial charge in [-0.3, -0.25) is 0 Å². The Hall–Kier alpha value is -2.43. The van der Waals surface area contributed by atoms with Gasteiger partial charge in [-0.25, -0.2) is 0 Å². The van der Waals surface area contributed by atoms with E-state index in [-0.39, 0.29) is 17.6 Å². The van der Waals surface area contributed by atoms with E-state index in [0.29, 0.717) is 6.61 Å². The number of nitrogens with zero attached hydrogens (tertiary/aromatic N) is 1. The average Bonchev–Trinajstić information content (AvgIpc) is 3.38. The summed E-state index contributed by atoms with van der Waals surface area (Å²) in [6.07, 6.45) is 5.33. The van der Waals surface area contributed by atoms with Gasteiger partial charge in [0.1, 0.15) is 11.5 Å². The number of fused-ring (bicyclic) bond motifs is 1. The monoisotopic (exact) mass is 459 g/mol. The van der Waals surface area contributed by atoms with Gasteiger partial charge in [-0.2, -0.15) is 0 Å². The van der Waals surface area contributed by atoms with Gasteiger partial charge in [0.05, 0.1) is 6.61 Å². The number of phenolic OH excluding ortho intramolecular Hbond substituents is 1. The van der Waals surface area contributed by atoms with Gasteiger partial charge >= 0.3 is 0 Å². The predicted molar refractivity (Wildman–Crippen MR) is 137 cm³/mol. The minimum atomic E-state index is 0.205. The van der Waals surface area contributed by atoms with Crippen LogP contribution in [0.3, 0.4) is 0 Å². The van der Waals surface area contributed by atoms with Crippen molar-refractivity contribution in [3.8, 4) is 11.5 Å². The molecule has 0 spiro atoms. The van der Waals surface area contributed by atoms with Crippen molar-refractivity contribution in [3.63, 3.8) is 0 Å². The zero-order chi connectivity index (χ0) is 22.5. The molecule has 0 aliphatic carbocycles. The van der Waals surface area contributed by atoms with Crippen LogP contribution in [0.4, 0.5) is 0 Å². The lowest BCUT2D eigenvalue weighted by Gasteiger charge is -2.34. The van der Waals surface area contributed by atoms with Crippen LogP contribution in [-0.2, 0) is 0 Å². The van der Waals surface area contributed by atoms with E-state index >= 15 is 0 Å². The summed E-state index contributed by atoms with van der Waals surface area (Å²) >= 11 is 1.97. The fourth-order valence-electron chi connectivity index (χ4n) is 5.20. The van der Waals surface area contributed by atoms with Crippen molar-refractivity contribution in [1.29, 1.82) is 0 Å². The number of ether oxygens (including phenoxy) is 1. The molecule has 2 aliphatic rings. The predicted octanol–water partition coefficient (Wildman–Crippen LogP) is 6.67. The number of phenols is 1. The van der Waals surface area contributed by atoms with Crippen LogP contribution in [0, 0.1) is 0 Å². The molecule has 3 aromatic rings. The molecule has 0 amide bonds. The van der Waals surface area contributed by atoms with Gasteiger partial charge in [0.15, 0.2) is 0 Å². The molecule has 0 aromatic heterocycles. The Morgan fingerprint density at radius 2 is 1.67 bits per heavy atom. The van der Waals surface area contributed by atoms with E-state index in [1.165, 1.54) is 67.1 Å². The molecule has 3 nitrogen and oxygen atoms in total. The molecular formula is C29H33NO2S. The molecule has 2 aliphatic heterocycles. The van der Waals surface area contributed by atoms with E-state index in [1.807, 2.05) is 17.8 Å². The quantitative estimate of drug-likeness (QED) is 0.301. The summed E-state index contributed by atoms with van der Waals surface area (Å²) in [7, 11) is 0. The van der Waals surface area contributed by atoms with Crippen LogP contribution < -0.4 is 4.74 Å². The fraction of sp³-hybridized carbons (Fsp3) is 0.379. The Morgan fingerprint density at radius 3 is 2.45 bits per heavy atom. The molecule has 1 N–H and O–H groups in total. The third-order valence-corrected chi connectivity index (χ3v) is 8.05. The molecule has 2 heterocycles. The summed E-state index contributed by atoms with van der Waals surface area (Å²) < 4.78 is 6.09. The zero-order valence-corrected chi connectivity index (χ0v) is 20.0. The Bertz CT molecular complexity index is 1030. The molecule has 0 radical (unpaired) electrons. The minimum Gasteiger partial charge on any atom is -0.508 e. The maximum absolute atomic E-state index is 9.96. The summed E-state index contributed by atoms with van der Waals surface area (Å²) in [4.78, 5) is 3.95. The fourth-order valence-corrected chi connectivity index (χ4v) is 6.12. The first-order valence-corrected chi connectivity index (χ1v) is 13.2. The molecule has 3 aromatic carbocycles. The SMILES string of the molecule is Oc1ccc2c(c1)OC[C@H](c1ccccc1)C2c1ccc(SCCCCN2CCCC2)cc1. The van der Waals surface area contributed by atoms with Crippen molar-refractivity contribution in [2.24, 2.45) is 0 Å². The summed E-state index contributed by atoms with van der Waals surface area (Å²) in [5.41, 5.74) is 3.74. The van der Waals surface area contributed by atoms with Crippen molar-refractivity contribution in [3.05, 3.63) is 89.5 Å². The van der Waals surface area contributed by atoms with E-state index in [2.05, 4.69) is 59.5 Å². The highest BCUT2D eigenvalue weighted by Crippen LogP contribution is 2.47. The lowest BCUT2D eigenvalue weighted by Crippen LogP contribution is -2.25. The number of unbranched alkanes of at least 4 members (excludes halogenated alkanes) is 1. The molecule has 5 rings (SSSR count). The lowest BCUT2D eigenvalue weighted by molar-refractivity contribution is 0.248. The Kier molecular flexibility index (Phi) is 7.23. The second-order valence-corrected chi connectivity index (χ2v) is 10.4. The molecule has 1 saturated heterocycles. The van der Waals surface area contributed by atoms with Crippen LogP contribution in [0.25, 0.3) is 0 Å². The van der Waals surface area contributed by atoms with Gasteiger partial charge in [0.2, 0.25) is 0 Å². The van der Waals surface area contributed by atoms with Crippen molar-refractivity contribution in [2.45, 2.75) is 42.4 Å². The van der Waals surface area contributed by atoms with E-state index in [1.54, 1.807) is 12.1 Å². The summed E-state index contributed by atoms with van der Waals surface area (Å²) in [6.45, 7) is 4.47. The Labute approximate surface area is 201 Å². The van der Waals surface area contributed by atoms with Crippen molar-refractivity contribution in [2.75, 3.05) is 32.0 Å². The third kappa shape index (κ3) is 5.39. The van der Waals surface area contributed by atoms with E-state index in [9.17, 15) is 5.11 Å². The largest absolute Gasteiger partial charge is 0.508 e.